The highest BCUT2D eigenvalue weighted by molar-refractivity contribution is 5.99. The van der Waals surface area contributed by atoms with E-state index in [2.05, 4.69) is 6.92 Å². The van der Waals surface area contributed by atoms with Gasteiger partial charge in [0, 0.05) is 0 Å². The number of halogens is 3. The van der Waals surface area contributed by atoms with Crippen LogP contribution in [0, 0.1) is 22.9 Å². The van der Waals surface area contributed by atoms with E-state index in [0.29, 0.717) is 12.5 Å². The summed E-state index contributed by atoms with van der Waals surface area (Å²) in [6.45, 7) is 4.96. The molecule has 0 bridgehead atoms. The molecule has 0 saturated heterocycles. The van der Waals surface area contributed by atoms with Gasteiger partial charge in [-0.1, -0.05) is 84.0 Å². The molecule has 0 aliphatic heterocycles. The van der Waals surface area contributed by atoms with Crippen molar-refractivity contribution in [3.8, 4) is 5.75 Å². The van der Waals surface area contributed by atoms with Crippen LogP contribution in [0.4, 0.5) is 13.2 Å². The van der Waals surface area contributed by atoms with Crippen LogP contribution < -0.4 is 4.74 Å². The number of benzene rings is 1. The van der Waals surface area contributed by atoms with Crippen molar-refractivity contribution in [3.05, 3.63) is 29.6 Å². The predicted molar refractivity (Wildman–Crippen MR) is 122 cm³/mol. The third kappa shape index (κ3) is 10.6. The molecule has 0 aliphatic carbocycles. The molecule has 0 aromatic heterocycles. The summed E-state index contributed by atoms with van der Waals surface area (Å²) < 4.78 is 49.9. The van der Waals surface area contributed by atoms with Gasteiger partial charge in [0.15, 0.2) is 22.8 Å². The second kappa shape index (κ2) is 15.7. The predicted octanol–water partition coefficient (Wildman–Crippen LogP) is 7.67. The fraction of sp³-hybridized carbons (Fsp3) is 0.692. The number of carbonyl (C=O) groups excluding carboxylic acids is 2. The van der Waals surface area contributed by atoms with Crippen LogP contribution in [-0.2, 0) is 14.3 Å². The topological polar surface area (TPSA) is 52.6 Å². The van der Waals surface area contributed by atoms with Crippen LogP contribution in [0.25, 0.3) is 0 Å². The third-order valence-electron chi connectivity index (χ3n) is 5.70. The van der Waals surface area contributed by atoms with Gasteiger partial charge < -0.3 is 9.47 Å². The first kappa shape index (κ1) is 29.0. The fourth-order valence-electron chi connectivity index (χ4n) is 3.36. The summed E-state index contributed by atoms with van der Waals surface area (Å²) in [4.78, 5) is 24.5. The molecule has 0 spiro atoms. The molecule has 1 aromatic rings. The average Bonchev–Trinajstić information content (AvgIpc) is 2.79. The second-order valence-electron chi connectivity index (χ2n) is 9.07. The van der Waals surface area contributed by atoms with Crippen molar-refractivity contribution in [1.82, 2.24) is 0 Å². The van der Waals surface area contributed by atoms with Crippen LogP contribution >= 0.6 is 0 Å². The normalized spacial score (nSPS) is 11.5. The Morgan fingerprint density at radius 3 is 1.73 bits per heavy atom. The van der Waals surface area contributed by atoms with Crippen molar-refractivity contribution < 1.29 is 32.2 Å². The van der Waals surface area contributed by atoms with E-state index in [1.165, 1.54) is 71.6 Å². The first-order valence-electron chi connectivity index (χ1n) is 12.2. The lowest BCUT2D eigenvalue weighted by atomic mass is 9.94. The van der Waals surface area contributed by atoms with E-state index in [9.17, 15) is 22.8 Å². The van der Waals surface area contributed by atoms with Crippen LogP contribution in [0.1, 0.15) is 104 Å². The highest BCUT2D eigenvalue weighted by Crippen LogP contribution is 2.26. The van der Waals surface area contributed by atoms with Gasteiger partial charge in [-0.2, -0.15) is 4.39 Å². The van der Waals surface area contributed by atoms with Gasteiger partial charge in [-0.25, -0.2) is 8.78 Å². The first-order valence-corrected chi connectivity index (χ1v) is 12.2. The molecule has 0 unspecified atom stereocenters. The van der Waals surface area contributed by atoms with Crippen molar-refractivity contribution in [2.24, 2.45) is 5.41 Å². The molecule has 1 rings (SSSR count). The minimum absolute atomic E-state index is 0.173. The number of ether oxygens (including phenoxy) is 2. The van der Waals surface area contributed by atoms with E-state index >= 15 is 0 Å². The lowest BCUT2D eigenvalue weighted by Gasteiger charge is -2.20. The molecule has 0 fully saturated rings. The Bertz CT molecular complexity index is 734. The molecule has 0 saturated carbocycles. The Morgan fingerprint density at radius 1 is 0.727 bits per heavy atom. The summed E-state index contributed by atoms with van der Waals surface area (Å²) in [6, 6.07) is 1.43. The number of hydrogen-bond donors (Lipinski definition) is 0. The molecule has 0 N–H and O–H groups in total. The molecular weight excluding hydrogens is 433 g/mol. The fourth-order valence-corrected chi connectivity index (χ4v) is 3.36. The van der Waals surface area contributed by atoms with E-state index in [-0.39, 0.29) is 6.61 Å². The number of carbonyl (C=O) groups is 2. The van der Waals surface area contributed by atoms with E-state index in [4.69, 9.17) is 9.47 Å². The number of rotatable bonds is 17. The van der Waals surface area contributed by atoms with E-state index in [0.717, 1.165) is 25.3 Å². The molecule has 4 nitrogen and oxygen atoms in total. The minimum Gasteiger partial charge on any atom is -0.465 e. The maximum Gasteiger partial charge on any atom is 0.328 e. The molecule has 0 radical (unpaired) electrons. The Labute approximate surface area is 196 Å². The van der Waals surface area contributed by atoms with Gasteiger partial charge in [0.05, 0.1) is 6.61 Å². The highest BCUT2D eigenvalue weighted by atomic mass is 19.2. The zero-order valence-electron chi connectivity index (χ0n) is 20.3. The maximum absolute atomic E-state index is 13.7. The van der Waals surface area contributed by atoms with Crippen LogP contribution in [0.15, 0.2) is 12.1 Å². The Kier molecular flexibility index (Phi) is 13.8. The largest absolute Gasteiger partial charge is 0.465 e. The quantitative estimate of drug-likeness (QED) is 0.0767. The van der Waals surface area contributed by atoms with Crippen LogP contribution in [-0.4, -0.2) is 18.5 Å². The molecular formula is C26H39F3O4. The molecule has 188 valence electrons. The zero-order chi connectivity index (χ0) is 24.7. The van der Waals surface area contributed by atoms with Crippen LogP contribution in [0.3, 0.4) is 0 Å². The molecule has 7 heteroatoms. The molecule has 0 amide bonds. The standard InChI is InChI=1S/C26H39F3O4/c1-4-5-6-7-8-9-10-11-12-13-14-15-16-19-32-24(30)26(2,3)25(31)33-21-18-17-20(27)22(28)23(21)29/h17-18H,4-16,19H2,1-3H3. The first-order chi connectivity index (χ1) is 15.7. The van der Waals surface area contributed by atoms with Gasteiger partial charge in [-0.3, -0.25) is 9.59 Å². The van der Waals surface area contributed by atoms with Gasteiger partial charge in [-0.15, -0.1) is 0 Å². The zero-order valence-corrected chi connectivity index (χ0v) is 20.3. The Balaban J connectivity index is 2.17. The molecule has 0 heterocycles. The van der Waals surface area contributed by atoms with Crippen LogP contribution in [0.2, 0.25) is 0 Å². The van der Waals surface area contributed by atoms with Crippen molar-refractivity contribution >= 4 is 11.9 Å². The lowest BCUT2D eigenvalue weighted by Crippen LogP contribution is -2.38. The van der Waals surface area contributed by atoms with Gasteiger partial charge in [0.2, 0.25) is 5.82 Å². The maximum atomic E-state index is 13.7. The Morgan fingerprint density at radius 2 is 1.21 bits per heavy atom. The van der Waals surface area contributed by atoms with Gasteiger partial charge in [0.25, 0.3) is 0 Å². The number of unbranched alkanes of at least 4 members (excludes halogenated alkanes) is 12. The Hall–Kier alpha value is -2.05. The summed E-state index contributed by atoms with van der Waals surface area (Å²) in [7, 11) is 0. The summed E-state index contributed by atoms with van der Waals surface area (Å²) in [5.74, 6) is -7.47. The van der Waals surface area contributed by atoms with Gasteiger partial charge in [0.1, 0.15) is 0 Å². The summed E-state index contributed by atoms with van der Waals surface area (Å²) >= 11 is 0. The SMILES string of the molecule is CCCCCCCCCCCCCCCOC(=O)C(C)(C)C(=O)Oc1ccc(F)c(F)c1F. The molecule has 33 heavy (non-hydrogen) atoms. The van der Waals surface area contributed by atoms with Gasteiger partial charge >= 0.3 is 11.9 Å². The third-order valence-corrected chi connectivity index (χ3v) is 5.70. The lowest BCUT2D eigenvalue weighted by molar-refractivity contribution is -0.164. The van der Waals surface area contributed by atoms with Crippen molar-refractivity contribution in [2.75, 3.05) is 6.61 Å². The van der Waals surface area contributed by atoms with E-state index in [1.54, 1.807) is 0 Å². The van der Waals surface area contributed by atoms with Crippen molar-refractivity contribution in [3.63, 3.8) is 0 Å². The summed E-state index contributed by atoms with van der Waals surface area (Å²) in [5, 5.41) is 0. The number of esters is 2. The second-order valence-corrected chi connectivity index (χ2v) is 9.07. The smallest absolute Gasteiger partial charge is 0.328 e. The monoisotopic (exact) mass is 472 g/mol. The summed E-state index contributed by atoms with van der Waals surface area (Å²) in [5.41, 5.74) is -1.71. The number of hydrogen-bond acceptors (Lipinski definition) is 4. The molecule has 0 atom stereocenters. The summed E-state index contributed by atoms with van der Waals surface area (Å²) in [6.07, 6.45) is 15.6. The van der Waals surface area contributed by atoms with Crippen molar-refractivity contribution in [2.45, 2.75) is 104 Å². The minimum atomic E-state index is -1.75. The van der Waals surface area contributed by atoms with Crippen molar-refractivity contribution in [1.29, 1.82) is 0 Å². The van der Waals surface area contributed by atoms with E-state index < -0.39 is 40.6 Å². The van der Waals surface area contributed by atoms with Gasteiger partial charge in [-0.05, 0) is 32.4 Å². The van der Waals surface area contributed by atoms with E-state index in [1.807, 2.05) is 0 Å². The van der Waals surface area contributed by atoms with Crippen LogP contribution in [0.5, 0.6) is 5.75 Å². The molecule has 1 aromatic carbocycles. The average molecular weight is 473 g/mol. The molecule has 0 aliphatic rings. The highest BCUT2D eigenvalue weighted by Gasteiger charge is 2.40.